The second kappa shape index (κ2) is 8.19. The zero-order chi connectivity index (χ0) is 14.3. The van der Waals surface area contributed by atoms with Crippen molar-refractivity contribution in [2.75, 3.05) is 0 Å². The minimum absolute atomic E-state index is 0.271. The van der Waals surface area contributed by atoms with Crippen molar-refractivity contribution in [3.63, 3.8) is 0 Å². The Morgan fingerprint density at radius 3 is 2.37 bits per heavy atom. The van der Waals surface area contributed by atoms with Crippen LogP contribution in [0.1, 0.15) is 65.7 Å². The second-order valence-electron chi connectivity index (χ2n) is 6.10. The van der Waals surface area contributed by atoms with Gasteiger partial charge in [-0.3, -0.25) is 4.79 Å². The third-order valence-electron chi connectivity index (χ3n) is 4.00. The van der Waals surface area contributed by atoms with Crippen LogP contribution >= 0.6 is 0 Å². The highest BCUT2D eigenvalue weighted by Gasteiger charge is 2.27. The van der Waals surface area contributed by atoms with Crippen molar-refractivity contribution < 1.29 is 9.90 Å². The molecule has 1 rings (SSSR count). The Hall–Kier alpha value is -1.05. The molecule has 0 spiro atoms. The monoisotopic (exact) mass is 264 g/mol. The standard InChI is InChI=1S/C17H28O2/c1-13(2)8-7-9-14(3)12-16(17(18)19)15-10-5-4-6-11-15/h8,12,15-16H,4-7,9-11H2,1-3H3,(H,18,19)/b14-12+/t16-/m1/s1. The topological polar surface area (TPSA) is 37.3 Å². The van der Waals surface area contributed by atoms with E-state index >= 15 is 0 Å². The number of carboxylic acid groups (broad SMARTS) is 1. The summed E-state index contributed by atoms with van der Waals surface area (Å²) >= 11 is 0. The maximum absolute atomic E-state index is 11.5. The molecule has 1 N–H and O–H groups in total. The molecule has 2 heteroatoms. The quantitative estimate of drug-likeness (QED) is 0.688. The summed E-state index contributed by atoms with van der Waals surface area (Å²) in [5, 5.41) is 9.43. The molecule has 1 fully saturated rings. The van der Waals surface area contributed by atoms with Gasteiger partial charge in [-0.25, -0.2) is 0 Å². The van der Waals surface area contributed by atoms with Crippen LogP contribution in [-0.2, 0) is 4.79 Å². The zero-order valence-corrected chi connectivity index (χ0v) is 12.6. The lowest BCUT2D eigenvalue weighted by atomic mass is 9.79. The van der Waals surface area contributed by atoms with E-state index in [9.17, 15) is 9.90 Å². The van der Waals surface area contributed by atoms with Crippen LogP contribution in [0.15, 0.2) is 23.3 Å². The van der Waals surface area contributed by atoms with Gasteiger partial charge < -0.3 is 5.11 Å². The fourth-order valence-electron chi connectivity index (χ4n) is 2.88. The van der Waals surface area contributed by atoms with E-state index in [4.69, 9.17) is 0 Å². The van der Waals surface area contributed by atoms with Crippen LogP contribution in [0.4, 0.5) is 0 Å². The largest absolute Gasteiger partial charge is 0.481 e. The van der Waals surface area contributed by atoms with Crippen LogP contribution in [0.5, 0.6) is 0 Å². The summed E-state index contributed by atoms with van der Waals surface area (Å²) in [6, 6.07) is 0. The number of hydrogen-bond donors (Lipinski definition) is 1. The van der Waals surface area contributed by atoms with Crippen molar-refractivity contribution in [2.24, 2.45) is 11.8 Å². The number of aliphatic carboxylic acids is 1. The Kier molecular flexibility index (Phi) is 6.90. The average Bonchev–Trinajstić information content (AvgIpc) is 2.36. The van der Waals surface area contributed by atoms with Crippen molar-refractivity contribution in [2.45, 2.75) is 65.7 Å². The Morgan fingerprint density at radius 2 is 1.84 bits per heavy atom. The van der Waals surface area contributed by atoms with E-state index in [2.05, 4.69) is 26.8 Å². The Morgan fingerprint density at radius 1 is 1.21 bits per heavy atom. The predicted molar refractivity (Wildman–Crippen MR) is 80.1 cm³/mol. The van der Waals surface area contributed by atoms with Gasteiger partial charge in [-0.1, -0.05) is 42.6 Å². The van der Waals surface area contributed by atoms with E-state index < -0.39 is 5.97 Å². The molecule has 0 aromatic rings. The summed E-state index contributed by atoms with van der Waals surface area (Å²) in [4.78, 5) is 11.5. The number of hydrogen-bond acceptors (Lipinski definition) is 1. The van der Waals surface area contributed by atoms with Crippen molar-refractivity contribution in [3.8, 4) is 0 Å². The van der Waals surface area contributed by atoms with Gasteiger partial charge in [0.25, 0.3) is 0 Å². The summed E-state index contributed by atoms with van der Waals surface area (Å²) in [7, 11) is 0. The molecule has 108 valence electrons. The smallest absolute Gasteiger partial charge is 0.310 e. The van der Waals surface area contributed by atoms with Gasteiger partial charge in [0, 0.05) is 0 Å². The van der Waals surface area contributed by atoms with E-state index in [1.807, 2.05) is 6.08 Å². The van der Waals surface area contributed by atoms with Crippen LogP contribution in [-0.4, -0.2) is 11.1 Å². The molecule has 2 nitrogen and oxygen atoms in total. The van der Waals surface area contributed by atoms with Gasteiger partial charge in [0.1, 0.15) is 0 Å². The lowest BCUT2D eigenvalue weighted by molar-refractivity contribution is -0.142. The molecule has 0 amide bonds. The number of allylic oxidation sites excluding steroid dienone is 3. The molecule has 0 aliphatic heterocycles. The van der Waals surface area contributed by atoms with Gasteiger partial charge in [-0.2, -0.15) is 0 Å². The van der Waals surface area contributed by atoms with Crippen molar-refractivity contribution in [3.05, 3.63) is 23.3 Å². The van der Waals surface area contributed by atoms with Gasteiger partial charge in [-0.15, -0.1) is 0 Å². The van der Waals surface area contributed by atoms with E-state index in [-0.39, 0.29) is 5.92 Å². The van der Waals surface area contributed by atoms with Crippen LogP contribution in [0, 0.1) is 11.8 Å². The Bertz CT molecular complexity index is 342. The van der Waals surface area contributed by atoms with E-state index in [0.717, 1.165) is 25.7 Å². The summed E-state index contributed by atoms with van der Waals surface area (Å²) in [5.74, 6) is -0.565. The molecule has 0 aromatic carbocycles. The SMILES string of the molecule is CC(C)=CCC/C(C)=C/[C@@H](C(=O)O)C1CCCCC1. The number of rotatable bonds is 6. The van der Waals surface area contributed by atoms with Crippen LogP contribution in [0.2, 0.25) is 0 Å². The first-order valence-electron chi connectivity index (χ1n) is 7.54. The third-order valence-corrected chi connectivity index (χ3v) is 4.00. The maximum atomic E-state index is 11.5. The molecule has 0 heterocycles. The highest BCUT2D eigenvalue weighted by atomic mass is 16.4. The Balaban J connectivity index is 2.60. The first-order valence-corrected chi connectivity index (χ1v) is 7.54. The van der Waals surface area contributed by atoms with Gasteiger partial charge in [0.15, 0.2) is 0 Å². The molecular weight excluding hydrogens is 236 g/mol. The highest BCUT2D eigenvalue weighted by molar-refractivity contribution is 5.72. The third kappa shape index (κ3) is 6.09. The maximum Gasteiger partial charge on any atom is 0.310 e. The predicted octanol–water partition coefficient (Wildman–Crippen LogP) is 4.96. The molecule has 0 saturated heterocycles. The Labute approximate surface area is 117 Å². The van der Waals surface area contributed by atoms with E-state index in [0.29, 0.717) is 5.92 Å². The molecule has 1 saturated carbocycles. The summed E-state index contributed by atoms with van der Waals surface area (Å²) < 4.78 is 0. The first kappa shape index (κ1) is 16.0. The summed E-state index contributed by atoms with van der Waals surface area (Å²) in [6.07, 6.45) is 12.0. The van der Waals surface area contributed by atoms with E-state index in [1.165, 1.54) is 30.4 Å². The number of carboxylic acids is 1. The molecule has 1 atom stereocenters. The zero-order valence-electron chi connectivity index (χ0n) is 12.6. The fourth-order valence-corrected chi connectivity index (χ4v) is 2.88. The molecule has 0 unspecified atom stereocenters. The van der Waals surface area contributed by atoms with E-state index in [1.54, 1.807) is 0 Å². The van der Waals surface area contributed by atoms with Crippen molar-refractivity contribution in [1.82, 2.24) is 0 Å². The summed E-state index contributed by atoms with van der Waals surface area (Å²) in [5.41, 5.74) is 2.55. The molecule has 1 aliphatic rings. The molecule has 0 bridgehead atoms. The molecular formula is C17H28O2. The van der Waals surface area contributed by atoms with Crippen LogP contribution < -0.4 is 0 Å². The highest BCUT2D eigenvalue weighted by Crippen LogP contribution is 2.32. The van der Waals surface area contributed by atoms with Gasteiger partial charge in [-0.05, 0) is 52.4 Å². The first-order chi connectivity index (χ1) is 9.00. The lowest BCUT2D eigenvalue weighted by Gasteiger charge is -2.26. The normalized spacial score (nSPS) is 19.0. The molecule has 0 radical (unpaired) electrons. The van der Waals surface area contributed by atoms with Crippen molar-refractivity contribution >= 4 is 5.97 Å². The van der Waals surface area contributed by atoms with Gasteiger partial charge in [0.05, 0.1) is 5.92 Å². The van der Waals surface area contributed by atoms with Crippen molar-refractivity contribution in [1.29, 1.82) is 0 Å². The molecule has 19 heavy (non-hydrogen) atoms. The number of carbonyl (C=O) groups is 1. The van der Waals surface area contributed by atoms with Gasteiger partial charge >= 0.3 is 5.97 Å². The second-order valence-corrected chi connectivity index (χ2v) is 6.10. The fraction of sp³-hybridized carbons (Fsp3) is 0.706. The minimum atomic E-state index is -0.645. The van der Waals surface area contributed by atoms with Crippen LogP contribution in [0.3, 0.4) is 0 Å². The van der Waals surface area contributed by atoms with Crippen LogP contribution in [0.25, 0.3) is 0 Å². The summed E-state index contributed by atoms with van der Waals surface area (Å²) in [6.45, 7) is 6.26. The minimum Gasteiger partial charge on any atom is -0.481 e. The van der Waals surface area contributed by atoms with Gasteiger partial charge in [0.2, 0.25) is 0 Å². The molecule has 0 aromatic heterocycles. The lowest BCUT2D eigenvalue weighted by Crippen LogP contribution is -2.24. The molecule has 1 aliphatic carbocycles. The average molecular weight is 264 g/mol.